The van der Waals surface area contributed by atoms with E-state index >= 15 is 0 Å². The Morgan fingerprint density at radius 3 is 2.17 bits per heavy atom. The molecule has 3 atom stereocenters. The second kappa shape index (κ2) is 4.64. The summed E-state index contributed by atoms with van der Waals surface area (Å²) in [5.41, 5.74) is 0. The summed E-state index contributed by atoms with van der Waals surface area (Å²) in [5.74, 6) is -1.47. The molecule has 0 aliphatic carbocycles. The zero-order valence-corrected chi connectivity index (χ0v) is 11.9. The fraction of sp³-hybridized carbons (Fsp3) is 0.889. The number of halogens is 1. The van der Waals surface area contributed by atoms with Gasteiger partial charge in [-0.1, -0.05) is 0 Å². The molecule has 2 heterocycles. The molecule has 104 valence electrons. The maximum atomic E-state index is 11.8. The Kier molecular flexibility index (Phi) is 3.63. The van der Waals surface area contributed by atoms with Gasteiger partial charge in [0.2, 0.25) is 5.91 Å². The van der Waals surface area contributed by atoms with Crippen LogP contribution in [0, 0.1) is 5.92 Å². The van der Waals surface area contributed by atoms with Crippen molar-refractivity contribution in [2.75, 3.05) is 23.0 Å². The third kappa shape index (κ3) is 3.16. The van der Waals surface area contributed by atoms with Crippen LogP contribution in [0.25, 0.3) is 0 Å². The molecule has 1 N–H and O–H groups in total. The zero-order valence-electron chi connectivity index (χ0n) is 9.50. The van der Waals surface area contributed by atoms with Crippen molar-refractivity contribution in [3.05, 3.63) is 0 Å². The minimum atomic E-state index is -3.20. The Hall–Kier alpha value is -0.340. The lowest BCUT2D eigenvalue weighted by molar-refractivity contribution is -0.124. The maximum Gasteiger partial charge on any atom is 0.224 e. The topological polar surface area (TPSA) is 97.4 Å². The first-order valence-corrected chi connectivity index (χ1v) is 9.62. The van der Waals surface area contributed by atoms with E-state index in [0.29, 0.717) is 6.42 Å². The first-order valence-electron chi connectivity index (χ1n) is 5.54. The number of amides is 1. The van der Waals surface area contributed by atoms with Crippen molar-refractivity contribution in [1.82, 2.24) is 5.32 Å². The van der Waals surface area contributed by atoms with E-state index in [4.69, 9.17) is 11.6 Å². The van der Waals surface area contributed by atoms with Gasteiger partial charge < -0.3 is 5.32 Å². The van der Waals surface area contributed by atoms with Crippen molar-refractivity contribution in [3.63, 3.8) is 0 Å². The average molecular weight is 316 g/mol. The van der Waals surface area contributed by atoms with Crippen LogP contribution in [0.3, 0.4) is 0 Å². The molecule has 18 heavy (non-hydrogen) atoms. The van der Waals surface area contributed by atoms with Crippen LogP contribution < -0.4 is 5.32 Å². The molecular weight excluding hydrogens is 302 g/mol. The van der Waals surface area contributed by atoms with Gasteiger partial charge in [-0.2, -0.15) is 0 Å². The molecule has 0 aromatic heterocycles. The van der Waals surface area contributed by atoms with Gasteiger partial charge in [0.05, 0.1) is 40.3 Å². The fourth-order valence-corrected chi connectivity index (χ4v) is 6.53. The number of carbonyl (C=O) groups excluding carboxylic acids is 1. The van der Waals surface area contributed by atoms with Gasteiger partial charge in [0.15, 0.2) is 19.7 Å². The van der Waals surface area contributed by atoms with Crippen LogP contribution in [0.2, 0.25) is 0 Å². The second-order valence-corrected chi connectivity index (χ2v) is 9.75. The highest BCUT2D eigenvalue weighted by Crippen LogP contribution is 2.21. The van der Waals surface area contributed by atoms with Gasteiger partial charge in [-0.25, -0.2) is 16.8 Å². The summed E-state index contributed by atoms with van der Waals surface area (Å²) in [5, 5.41) is 1.91. The van der Waals surface area contributed by atoms with E-state index < -0.39 is 42.9 Å². The molecule has 9 heteroatoms. The first-order chi connectivity index (χ1) is 8.19. The first kappa shape index (κ1) is 14.1. The molecule has 6 nitrogen and oxygen atoms in total. The number of hydrogen-bond acceptors (Lipinski definition) is 5. The van der Waals surface area contributed by atoms with Crippen LogP contribution >= 0.6 is 11.6 Å². The molecule has 0 aromatic rings. The molecule has 3 unspecified atom stereocenters. The van der Waals surface area contributed by atoms with E-state index in [-0.39, 0.29) is 23.0 Å². The largest absolute Gasteiger partial charge is 0.351 e. The molecule has 2 rings (SSSR count). The summed E-state index contributed by atoms with van der Waals surface area (Å²) in [7, 11) is -6.32. The standard InChI is InChI=1S/C9H14ClNO5S2/c10-7-4-18(15,16)5-8(7)11-9(12)6-1-2-17(13,14)3-6/h6-8H,1-5H2,(H,11,12). The highest BCUT2D eigenvalue weighted by atomic mass is 35.5. The number of hydrogen-bond donors (Lipinski definition) is 1. The quantitative estimate of drug-likeness (QED) is 0.655. The zero-order chi connectivity index (χ0) is 13.6. The minimum absolute atomic E-state index is 0.0123. The van der Waals surface area contributed by atoms with Crippen molar-refractivity contribution in [3.8, 4) is 0 Å². The highest BCUT2D eigenvalue weighted by Gasteiger charge is 2.40. The molecule has 0 saturated carbocycles. The lowest BCUT2D eigenvalue weighted by atomic mass is 10.1. The summed E-state index contributed by atoms with van der Waals surface area (Å²) in [6, 6.07) is -0.618. The Morgan fingerprint density at radius 2 is 1.72 bits per heavy atom. The molecule has 0 aromatic carbocycles. The molecule has 0 spiro atoms. The van der Waals surface area contributed by atoms with Crippen molar-refractivity contribution in [2.24, 2.45) is 5.92 Å². The van der Waals surface area contributed by atoms with Gasteiger partial charge >= 0.3 is 0 Å². The molecule has 2 aliphatic rings. The predicted octanol–water partition coefficient (Wildman–Crippen LogP) is -1.06. The number of nitrogens with one attached hydrogen (secondary N) is 1. The number of carbonyl (C=O) groups is 1. The van der Waals surface area contributed by atoms with Gasteiger partial charge in [0.1, 0.15) is 0 Å². The van der Waals surface area contributed by atoms with E-state index in [1.165, 1.54) is 0 Å². The van der Waals surface area contributed by atoms with Crippen LogP contribution in [0.1, 0.15) is 6.42 Å². The summed E-state index contributed by atoms with van der Waals surface area (Å²) >= 11 is 5.86. The van der Waals surface area contributed by atoms with Crippen LogP contribution in [-0.4, -0.2) is 57.2 Å². The van der Waals surface area contributed by atoms with Crippen LogP contribution in [0.15, 0.2) is 0 Å². The molecule has 2 saturated heterocycles. The Bertz CT molecular complexity index is 556. The highest BCUT2D eigenvalue weighted by molar-refractivity contribution is 7.92. The predicted molar refractivity (Wildman–Crippen MR) is 67.0 cm³/mol. The van der Waals surface area contributed by atoms with E-state index in [1.807, 2.05) is 0 Å². The summed E-state index contributed by atoms with van der Waals surface area (Å²) in [6.45, 7) is 0. The van der Waals surface area contributed by atoms with Gasteiger partial charge in [-0.15, -0.1) is 11.6 Å². The van der Waals surface area contributed by atoms with Crippen molar-refractivity contribution in [1.29, 1.82) is 0 Å². The fourth-order valence-electron chi connectivity index (χ4n) is 2.24. The number of sulfone groups is 2. The summed E-state index contributed by atoms with van der Waals surface area (Å²) < 4.78 is 45.1. The SMILES string of the molecule is O=C(NC1CS(=O)(=O)CC1Cl)C1CCS(=O)(=O)C1. The van der Waals surface area contributed by atoms with Gasteiger partial charge in [0.25, 0.3) is 0 Å². The molecule has 0 bridgehead atoms. The normalized spacial score (nSPS) is 37.5. The smallest absolute Gasteiger partial charge is 0.224 e. The van der Waals surface area contributed by atoms with Gasteiger partial charge in [0, 0.05) is 0 Å². The lowest BCUT2D eigenvalue weighted by Crippen LogP contribution is -2.43. The molecule has 1 amide bonds. The molecule has 0 radical (unpaired) electrons. The Morgan fingerprint density at radius 1 is 1.06 bits per heavy atom. The number of rotatable bonds is 2. The third-order valence-electron chi connectivity index (χ3n) is 3.21. The Labute approximate surface area is 111 Å². The monoisotopic (exact) mass is 315 g/mol. The summed E-state index contributed by atoms with van der Waals surface area (Å²) in [6.07, 6.45) is 0.292. The van der Waals surface area contributed by atoms with E-state index in [1.54, 1.807) is 0 Å². The second-order valence-electron chi connectivity index (χ2n) is 4.81. The molecular formula is C9H14ClNO5S2. The van der Waals surface area contributed by atoms with E-state index in [2.05, 4.69) is 5.32 Å². The van der Waals surface area contributed by atoms with Crippen molar-refractivity contribution < 1.29 is 21.6 Å². The van der Waals surface area contributed by atoms with Gasteiger partial charge in [-0.05, 0) is 6.42 Å². The van der Waals surface area contributed by atoms with Crippen LogP contribution in [-0.2, 0) is 24.5 Å². The van der Waals surface area contributed by atoms with Crippen molar-refractivity contribution >= 4 is 37.2 Å². The summed E-state index contributed by atoms with van der Waals surface area (Å²) in [4.78, 5) is 11.8. The average Bonchev–Trinajstić information content (AvgIpc) is 2.67. The lowest BCUT2D eigenvalue weighted by Gasteiger charge is -2.16. The minimum Gasteiger partial charge on any atom is -0.351 e. The molecule has 2 fully saturated rings. The van der Waals surface area contributed by atoms with Crippen LogP contribution in [0.4, 0.5) is 0 Å². The molecule has 2 aliphatic heterocycles. The maximum absolute atomic E-state index is 11.8. The van der Waals surface area contributed by atoms with E-state index in [0.717, 1.165) is 0 Å². The Balaban J connectivity index is 1.97. The van der Waals surface area contributed by atoms with Gasteiger partial charge in [-0.3, -0.25) is 4.79 Å². The van der Waals surface area contributed by atoms with Crippen LogP contribution in [0.5, 0.6) is 0 Å². The number of alkyl halides is 1. The third-order valence-corrected chi connectivity index (χ3v) is 7.36. The van der Waals surface area contributed by atoms with E-state index in [9.17, 15) is 21.6 Å². The van der Waals surface area contributed by atoms with Crippen molar-refractivity contribution in [2.45, 2.75) is 17.8 Å².